The molecule has 3 aliphatic rings. The van der Waals surface area contributed by atoms with Gasteiger partial charge in [-0.2, -0.15) is 0 Å². The van der Waals surface area contributed by atoms with Crippen molar-refractivity contribution in [2.45, 2.75) is 31.9 Å². The number of oxazole rings is 1. The number of benzene rings is 2. The number of amides is 2. The highest BCUT2D eigenvalue weighted by Crippen LogP contribution is 2.41. The topological polar surface area (TPSA) is 85.1 Å². The summed E-state index contributed by atoms with van der Waals surface area (Å²) >= 11 is 0. The van der Waals surface area contributed by atoms with Gasteiger partial charge in [-0.3, -0.25) is 9.59 Å². The van der Waals surface area contributed by atoms with Crippen molar-refractivity contribution >= 4 is 11.8 Å². The Hall–Kier alpha value is -3.72. The monoisotopic (exact) mass is 505 g/mol. The lowest BCUT2D eigenvalue weighted by Crippen LogP contribution is -2.41. The van der Waals surface area contributed by atoms with Gasteiger partial charge in [-0.05, 0) is 60.2 Å². The Labute approximate surface area is 214 Å². The maximum Gasteiger partial charge on any atom is 0.275 e. The first-order valence-electron chi connectivity index (χ1n) is 12.7. The number of hydrogen-bond acceptors (Lipinski definition) is 6. The predicted octanol–water partition coefficient (Wildman–Crippen LogP) is 3.75. The molecule has 1 saturated heterocycles. The molecular weight excluding hydrogens is 477 g/mol. The first kappa shape index (κ1) is 23.7. The molecule has 3 heterocycles. The number of ether oxygens (including phenoxy) is 2. The van der Waals surface area contributed by atoms with Crippen molar-refractivity contribution < 1.29 is 27.9 Å². The van der Waals surface area contributed by atoms with Crippen LogP contribution in [-0.4, -0.2) is 59.4 Å². The van der Waals surface area contributed by atoms with E-state index in [2.05, 4.69) is 4.98 Å². The molecule has 1 saturated carbocycles. The third-order valence-corrected chi connectivity index (χ3v) is 7.15. The zero-order chi connectivity index (χ0) is 25.4. The Morgan fingerprint density at radius 3 is 2.70 bits per heavy atom. The normalized spacial score (nSPS) is 19.4. The minimum atomic E-state index is -0.379. The summed E-state index contributed by atoms with van der Waals surface area (Å²) in [5.74, 6) is 0.550. The van der Waals surface area contributed by atoms with Crippen LogP contribution in [0.4, 0.5) is 4.39 Å². The highest BCUT2D eigenvalue weighted by atomic mass is 19.1. The van der Waals surface area contributed by atoms with Gasteiger partial charge in [0.15, 0.2) is 12.3 Å². The quantitative estimate of drug-likeness (QED) is 0.507. The number of morpholine rings is 1. The fourth-order valence-corrected chi connectivity index (χ4v) is 5.07. The average Bonchev–Trinajstić information content (AvgIpc) is 3.68. The maximum absolute atomic E-state index is 14.2. The van der Waals surface area contributed by atoms with E-state index in [1.165, 1.54) is 18.4 Å². The van der Waals surface area contributed by atoms with Crippen molar-refractivity contribution in [2.75, 3.05) is 32.8 Å². The molecule has 1 atom stereocenters. The number of fused-ring (bicyclic) bond motifs is 1. The van der Waals surface area contributed by atoms with E-state index in [-0.39, 0.29) is 41.9 Å². The van der Waals surface area contributed by atoms with Crippen LogP contribution < -0.4 is 4.74 Å². The second-order valence-corrected chi connectivity index (χ2v) is 9.69. The Kier molecular flexibility index (Phi) is 6.38. The molecule has 8 nitrogen and oxygen atoms in total. The summed E-state index contributed by atoms with van der Waals surface area (Å²) in [4.78, 5) is 33.7. The van der Waals surface area contributed by atoms with Crippen LogP contribution in [0, 0.1) is 11.7 Å². The van der Waals surface area contributed by atoms with Crippen LogP contribution in [0.25, 0.3) is 0 Å². The molecule has 0 radical (unpaired) electrons. The molecule has 0 N–H and O–H groups in total. The van der Waals surface area contributed by atoms with Gasteiger partial charge in [0.1, 0.15) is 17.8 Å². The Morgan fingerprint density at radius 2 is 1.92 bits per heavy atom. The summed E-state index contributed by atoms with van der Waals surface area (Å²) < 4.78 is 30.9. The fraction of sp³-hybridized carbons (Fsp3) is 0.393. The third kappa shape index (κ3) is 4.96. The molecule has 2 aromatic carbocycles. The minimum Gasteiger partial charge on any atom is -0.484 e. The van der Waals surface area contributed by atoms with Crippen LogP contribution in [0.15, 0.2) is 53.1 Å². The third-order valence-electron chi connectivity index (χ3n) is 7.15. The smallest absolute Gasteiger partial charge is 0.275 e. The van der Waals surface area contributed by atoms with E-state index < -0.39 is 0 Å². The second kappa shape index (κ2) is 9.97. The van der Waals surface area contributed by atoms with Crippen molar-refractivity contribution in [2.24, 2.45) is 5.92 Å². The minimum absolute atomic E-state index is 0.0462. The predicted molar refractivity (Wildman–Crippen MR) is 130 cm³/mol. The van der Waals surface area contributed by atoms with Crippen molar-refractivity contribution in [3.63, 3.8) is 0 Å². The van der Waals surface area contributed by atoms with Gasteiger partial charge in [-0.15, -0.1) is 0 Å². The van der Waals surface area contributed by atoms with Gasteiger partial charge in [0.2, 0.25) is 11.8 Å². The van der Waals surface area contributed by atoms with Gasteiger partial charge in [0.25, 0.3) is 5.91 Å². The molecule has 2 amide bonds. The average molecular weight is 506 g/mol. The maximum atomic E-state index is 14.2. The number of carbonyl (C=O) groups excluding carboxylic acids is 2. The number of aromatic nitrogens is 1. The van der Waals surface area contributed by atoms with Crippen molar-refractivity contribution in [1.29, 1.82) is 0 Å². The lowest BCUT2D eigenvalue weighted by atomic mass is 9.87. The van der Waals surface area contributed by atoms with E-state index in [9.17, 15) is 14.0 Å². The number of carbonyl (C=O) groups is 2. The Bertz CT molecular complexity index is 1310. The number of nitrogens with zero attached hydrogens (tertiary/aromatic N) is 3. The SMILES string of the molecule is O=C(c1coc(COc2ccc3c(c2)C(c2cccc(F)c2)N(C(=O)C2CC2)CC3)n1)N1CCOCC1. The largest absolute Gasteiger partial charge is 0.484 e. The standard InChI is InChI=1S/C28H28FN3O5/c29-21-3-1-2-20(14-21)26-23-15-22(7-6-18(23)8-9-32(26)27(33)19-4-5-19)36-17-25-30-24(16-37-25)28(34)31-10-12-35-13-11-31/h1-3,6-7,14-16,19,26H,4-5,8-13,17H2. The van der Waals surface area contributed by atoms with Crippen molar-refractivity contribution in [3.8, 4) is 5.75 Å². The van der Waals surface area contributed by atoms with Crippen LogP contribution in [0.5, 0.6) is 5.75 Å². The van der Waals surface area contributed by atoms with Gasteiger partial charge in [0.05, 0.1) is 19.3 Å². The van der Waals surface area contributed by atoms with Crippen molar-refractivity contribution in [3.05, 3.63) is 82.8 Å². The molecule has 0 spiro atoms. The Balaban J connectivity index is 1.22. The summed E-state index contributed by atoms with van der Waals surface area (Å²) in [5, 5.41) is 0. The van der Waals surface area contributed by atoms with Crippen molar-refractivity contribution in [1.82, 2.24) is 14.8 Å². The van der Waals surface area contributed by atoms with Crippen LogP contribution in [0.2, 0.25) is 0 Å². The van der Waals surface area contributed by atoms with E-state index in [0.29, 0.717) is 44.5 Å². The molecular formula is C28H28FN3O5. The second-order valence-electron chi connectivity index (χ2n) is 9.69. The molecule has 2 aliphatic heterocycles. The summed E-state index contributed by atoms with van der Waals surface area (Å²) in [6.45, 7) is 2.72. The van der Waals surface area contributed by atoms with Gasteiger partial charge in [-0.25, -0.2) is 9.37 Å². The molecule has 3 aromatic rings. The van der Waals surface area contributed by atoms with Gasteiger partial charge >= 0.3 is 0 Å². The van der Waals surface area contributed by atoms with E-state index in [1.54, 1.807) is 11.0 Å². The highest BCUT2D eigenvalue weighted by molar-refractivity contribution is 5.92. The summed E-state index contributed by atoms with van der Waals surface area (Å²) in [6.07, 6.45) is 3.90. The Morgan fingerprint density at radius 1 is 1.08 bits per heavy atom. The lowest BCUT2D eigenvalue weighted by Gasteiger charge is -2.38. The number of hydrogen-bond donors (Lipinski definition) is 0. The fourth-order valence-electron chi connectivity index (χ4n) is 5.07. The molecule has 1 aromatic heterocycles. The van der Waals surface area contributed by atoms with E-state index >= 15 is 0 Å². The summed E-state index contributed by atoms with van der Waals surface area (Å²) in [7, 11) is 0. The molecule has 1 unspecified atom stereocenters. The molecule has 0 bridgehead atoms. The van der Waals surface area contributed by atoms with E-state index in [1.807, 2.05) is 29.2 Å². The zero-order valence-electron chi connectivity index (χ0n) is 20.4. The van der Waals surface area contributed by atoms with Crippen LogP contribution in [0.1, 0.15) is 52.0 Å². The molecule has 1 aliphatic carbocycles. The highest BCUT2D eigenvalue weighted by Gasteiger charge is 2.39. The lowest BCUT2D eigenvalue weighted by molar-refractivity contribution is -0.134. The van der Waals surface area contributed by atoms with Crippen LogP contribution in [-0.2, 0) is 22.6 Å². The molecule has 6 rings (SSSR count). The van der Waals surface area contributed by atoms with Gasteiger partial charge in [-0.1, -0.05) is 18.2 Å². The zero-order valence-corrected chi connectivity index (χ0v) is 20.4. The summed E-state index contributed by atoms with van der Waals surface area (Å²) in [6, 6.07) is 11.9. The first-order valence-corrected chi connectivity index (χ1v) is 12.7. The molecule has 9 heteroatoms. The molecule has 2 fully saturated rings. The van der Waals surface area contributed by atoms with Crippen LogP contribution >= 0.6 is 0 Å². The number of halogens is 1. The van der Waals surface area contributed by atoms with E-state index in [0.717, 1.165) is 36.0 Å². The first-order chi connectivity index (χ1) is 18.1. The van der Waals surface area contributed by atoms with Gasteiger partial charge in [0, 0.05) is 25.6 Å². The molecule has 192 valence electrons. The summed E-state index contributed by atoms with van der Waals surface area (Å²) in [5.41, 5.74) is 3.02. The van der Waals surface area contributed by atoms with Gasteiger partial charge < -0.3 is 23.7 Å². The van der Waals surface area contributed by atoms with E-state index in [4.69, 9.17) is 13.9 Å². The molecule has 37 heavy (non-hydrogen) atoms. The van der Waals surface area contributed by atoms with Crippen LogP contribution in [0.3, 0.4) is 0 Å². The number of rotatable bonds is 6.